The van der Waals surface area contributed by atoms with Crippen molar-refractivity contribution in [1.29, 1.82) is 0 Å². The Balaban J connectivity index is 1.62. The molecule has 4 rings (SSSR count). The predicted molar refractivity (Wildman–Crippen MR) is 134 cm³/mol. The molecule has 6 nitrogen and oxygen atoms in total. The second kappa shape index (κ2) is 10.6. The van der Waals surface area contributed by atoms with Crippen molar-refractivity contribution < 1.29 is 18.7 Å². The summed E-state index contributed by atoms with van der Waals surface area (Å²) in [5.74, 6) is 0.632. The number of likely N-dealkylation sites (N-methyl/N-ethyl adjacent to an activating group) is 1. The molecule has 0 aliphatic carbocycles. The molecule has 0 radical (unpaired) electrons. The van der Waals surface area contributed by atoms with Crippen molar-refractivity contribution in [2.45, 2.75) is 6.42 Å². The van der Waals surface area contributed by atoms with Gasteiger partial charge in [0.25, 0.3) is 5.91 Å². The topological polar surface area (TPSA) is 56.6 Å². The first-order chi connectivity index (χ1) is 16.9. The smallest absolute Gasteiger partial charge is 0.272 e. The number of hydrogen-bond acceptors (Lipinski definition) is 4. The maximum Gasteiger partial charge on any atom is 0.272 e. The first-order valence-electron chi connectivity index (χ1n) is 11.0. The maximum absolute atomic E-state index is 14.5. The van der Waals surface area contributed by atoms with E-state index in [0.29, 0.717) is 52.1 Å². The van der Waals surface area contributed by atoms with Gasteiger partial charge in [-0.15, -0.1) is 0 Å². The molecule has 1 amide bonds. The van der Waals surface area contributed by atoms with Crippen molar-refractivity contribution in [1.82, 2.24) is 14.7 Å². The Hall–Kier alpha value is -3.84. The van der Waals surface area contributed by atoms with E-state index >= 15 is 0 Å². The second-order valence-electron chi connectivity index (χ2n) is 7.95. The summed E-state index contributed by atoms with van der Waals surface area (Å²) < 4.78 is 26.7. The van der Waals surface area contributed by atoms with Crippen molar-refractivity contribution in [2.75, 3.05) is 27.8 Å². The van der Waals surface area contributed by atoms with E-state index in [0.717, 1.165) is 5.56 Å². The van der Waals surface area contributed by atoms with Crippen LogP contribution in [0.4, 0.5) is 4.39 Å². The summed E-state index contributed by atoms with van der Waals surface area (Å²) >= 11 is 6.04. The van der Waals surface area contributed by atoms with Crippen LogP contribution in [0.2, 0.25) is 5.02 Å². The molecule has 4 aromatic rings. The van der Waals surface area contributed by atoms with E-state index in [9.17, 15) is 9.18 Å². The number of benzene rings is 3. The highest BCUT2D eigenvalue weighted by atomic mass is 35.5. The lowest BCUT2D eigenvalue weighted by Gasteiger charge is -2.18. The monoisotopic (exact) mass is 493 g/mol. The van der Waals surface area contributed by atoms with Crippen molar-refractivity contribution >= 4 is 17.5 Å². The minimum Gasteiger partial charge on any atom is -0.493 e. The number of nitrogens with zero attached hydrogens (tertiary/aromatic N) is 3. The fourth-order valence-electron chi connectivity index (χ4n) is 3.74. The van der Waals surface area contributed by atoms with Crippen LogP contribution in [0.5, 0.6) is 11.5 Å². The van der Waals surface area contributed by atoms with Crippen LogP contribution in [0.15, 0.2) is 72.8 Å². The number of halogens is 2. The molecule has 0 N–H and O–H groups in total. The van der Waals surface area contributed by atoms with E-state index in [1.807, 2.05) is 18.2 Å². The maximum atomic E-state index is 14.5. The third kappa shape index (κ3) is 5.30. The number of methoxy groups -OCH3 is 2. The van der Waals surface area contributed by atoms with Crippen LogP contribution >= 0.6 is 11.6 Å². The largest absolute Gasteiger partial charge is 0.493 e. The highest BCUT2D eigenvalue weighted by Crippen LogP contribution is 2.28. The van der Waals surface area contributed by atoms with Gasteiger partial charge in [-0.25, -0.2) is 9.07 Å². The number of rotatable bonds is 8. The Kier molecular flexibility index (Phi) is 7.36. The first-order valence-corrected chi connectivity index (χ1v) is 11.4. The zero-order chi connectivity index (χ0) is 24.9. The van der Waals surface area contributed by atoms with Gasteiger partial charge in [0.15, 0.2) is 11.5 Å². The normalized spacial score (nSPS) is 10.8. The van der Waals surface area contributed by atoms with Crippen molar-refractivity contribution in [3.05, 3.63) is 94.9 Å². The SMILES string of the molecule is COc1ccc(CCN(C)C(=O)c2cc(-c3ccccc3F)nn2-c2ccc(Cl)cc2)cc1OC. The first kappa shape index (κ1) is 24.3. The third-order valence-corrected chi connectivity index (χ3v) is 5.93. The molecular weight excluding hydrogens is 469 g/mol. The highest BCUT2D eigenvalue weighted by molar-refractivity contribution is 6.30. The molecule has 1 aromatic heterocycles. The molecule has 3 aromatic carbocycles. The van der Waals surface area contributed by atoms with E-state index < -0.39 is 5.82 Å². The fourth-order valence-corrected chi connectivity index (χ4v) is 3.87. The summed E-state index contributed by atoms with van der Waals surface area (Å²) in [4.78, 5) is 15.1. The standard InChI is InChI=1S/C27H25ClFN3O3/c1-31(15-14-18-8-13-25(34-2)26(16-18)35-3)27(33)24-17-23(21-6-4-5-7-22(21)29)30-32(24)20-11-9-19(28)10-12-20/h4-13,16-17H,14-15H2,1-3H3. The van der Waals surface area contributed by atoms with Crippen LogP contribution < -0.4 is 9.47 Å². The molecule has 0 unspecified atom stereocenters. The number of ether oxygens (including phenoxy) is 2. The third-order valence-electron chi connectivity index (χ3n) is 5.68. The van der Waals surface area contributed by atoms with Gasteiger partial charge in [-0.1, -0.05) is 29.8 Å². The lowest BCUT2D eigenvalue weighted by Crippen LogP contribution is -2.30. The van der Waals surface area contributed by atoms with Gasteiger partial charge in [0.1, 0.15) is 11.5 Å². The Bertz CT molecular complexity index is 1340. The van der Waals surface area contributed by atoms with Gasteiger partial charge >= 0.3 is 0 Å². The van der Waals surface area contributed by atoms with Crippen LogP contribution in [-0.2, 0) is 6.42 Å². The van der Waals surface area contributed by atoms with Crippen molar-refractivity contribution in [3.8, 4) is 28.4 Å². The van der Waals surface area contributed by atoms with Gasteiger partial charge in [0, 0.05) is 24.2 Å². The summed E-state index contributed by atoms with van der Waals surface area (Å²) in [7, 11) is 4.90. The minimum atomic E-state index is -0.408. The zero-order valence-electron chi connectivity index (χ0n) is 19.7. The summed E-state index contributed by atoms with van der Waals surface area (Å²) in [6.45, 7) is 0.454. The molecule has 1 heterocycles. The zero-order valence-corrected chi connectivity index (χ0v) is 20.4. The van der Waals surface area contributed by atoms with Crippen LogP contribution in [0.3, 0.4) is 0 Å². The highest BCUT2D eigenvalue weighted by Gasteiger charge is 2.22. The van der Waals surface area contributed by atoms with E-state index in [1.165, 1.54) is 10.7 Å². The number of aromatic nitrogens is 2. The van der Waals surface area contributed by atoms with E-state index in [4.69, 9.17) is 21.1 Å². The molecule has 0 aliphatic rings. The Labute approximate surface area is 208 Å². The minimum absolute atomic E-state index is 0.240. The molecule has 0 bridgehead atoms. The molecule has 0 aliphatic heterocycles. The van der Waals surface area contributed by atoms with Gasteiger partial charge in [0.05, 0.1) is 25.6 Å². The summed E-state index contributed by atoms with van der Waals surface area (Å²) in [5, 5.41) is 5.13. The lowest BCUT2D eigenvalue weighted by molar-refractivity contribution is 0.0787. The quantitative estimate of drug-likeness (QED) is 0.317. The number of hydrogen-bond donors (Lipinski definition) is 0. The van der Waals surface area contributed by atoms with Crippen LogP contribution in [0.1, 0.15) is 16.1 Å². The molecule has 180 valence electrons. The van der Waals surface area contributed by atoms with Crippen molar-refractivity contribution in [2.24, 2.45) is 0 Å². The molecule has 35 heavy (non-hydrogen) atoms. The van der Waals surface area contributed by atoms with Crippen LogP contribution in [0, 0.1) is 5.82 Å². The van der Waals surface area contributed by atoms with Gasteiger partial charge < -0.3 is 14.4 Å². The molecular formula is C27H25ClFN3O3. The van der Waals surface area contributed by atoms with Crippen molar-refractivity contribution in [3.63, 3.8) is 0 Å². The summed E-state index contributed by atoms with van der Waals surface area (Å²) in [6, 6.07) is 20.6. The number of amides is 1. The molecule has 8 heteroatoms. The number of carbonyl (C=O) groups excluding carboxylic acids is 1. The van der Waals surface area contributed by atoms with E-state index in [-0.39, 0.29) is 5.91 Å². The molecule has 0 saturated heterocycles. The molecule has 0 fully saturated rings. The van der Waals surface area contributed by atoms with Gasteiger partial charge in [0.2, 0.25) is 0 Å². The Morgan fingerprint density at radius 2 is 1.71 bits per heavy atom. The van der Waals surface area contributed by atoms with Gasteiger partial charge in [-0.05, 0) is 66.6 Å². The van der Waals surface area contributed by atoms with E-state index in [1.54, 1.807) is 74.7 Å². The second-order valence-corrected chi connectivity index (χ2v) is 8.39. The Morgan fingerprint density at radius 1 is 1.00 bits per heavy atom. The number of carbonyl (C=O) groups is 1. The Morgan fingerprint density at radius 3 is 2.40 bits per heavy atom. The van der Waals surface area contributed by atoms with Gasteiger partial charge in [-0.3, -0.25) is 4.79 Å². The van der Waals surface area contributed by atoms with Crippen LogP contribution in [-0.4, -0.2) is 48.4 Å². The van der Waals surface area contributed by atoms with Gasteiger partial charge in [-0.2, -0.15) is 5.10 Å². The predicted octanol–water partition coefficient (Wildman–Crippen LogP) is 5.66. The van der Waals surface area contributed by atoms with Crippen LogP contribution in [0.25, 0.3) is 16.9 Å². The van der Waals surface area contributed by atoms with E-state index in [2.05, 4.69) is 5.10 Å². The summed E-state index contributed by atoms with van der Waals surface area (Å²) in [6.07, 6.45) is 0.609. The fraction of sp³-hybridized carbons (Fsp3) is 0.185. The summed E-state index contributed by atoms with van der Waals surface area (Å²) in [5.41, 5.74) is 2.66. The molecule has 0 saturated carbocycles. The average Bonchev–Trinajstić information content (AvgIpc) is 3.32. The average molecular weight is 494 g/mol. The molecule has 0 atom stereocenters. The molecule has 0 spiro atoms. The lowest BCUT2D eigenvalue weighted by atomic mass is 10.1.